The van der Waals surface area contributed by atoms with Crippen LogP contribution in [0.25, 0.3) is 0 Å². The molecule has 2 rings (SSSR count). The lowest BCUT2D eigenvalue weighted by Crippen LogP contribution is -2.18. The summed E-state index contributed by atoms with van der Waals surface area (Å²) in [5.74, 6) is -0.306. The van der Waals surface area contributed by atoms with Gasteiger partial charge >= 0.3 is 5.97 Å². The largest absolute Gasteiger partial charge is 0.459 e. The van der Waals surface area contributed by atoms with Crippen molar-refractivity contribution in [3.8, 4) is 0 Å². The van der Waals surface area contributed by atoms with Crippen LogP contribution in [-0.2, 0) is 9.47 Å². The van der Waals surface area contributed by atoms with Crippen LogP contribution < -0.4 is 0 Å². The molecule has 1 atom stereocenters. The topological polar surface area (TPSA) is 35.5 Å². The van der Waals surface area contributed by atoms with Crippen molar-refractivity contribution in [2.75, 3.05) is 13.2 Å². The first-order valence-electron chi connectivity index (χ1n) is 4.87. The number of ether oxygens (including phenoxy) is 2. The summed E-state index contributed by atoms with van der Waals surface area (Å²) in [5, 5.41) is 0. The Labute approximate surface area is 89.0 Å². The van der Waals surface area contributed by atoms with Crippen LogP contribution in [-0.4, -0.2) is 25.3 Å². The van der Waals surface area contributed by atoms with Crippen LogP contribution in [0.5, 0.6) is 0 Å². The Bertz CT molecular complexity index is 315. The molecule has 1 saturated heterocycles. The molecular weight excluding hydrogens is 192 g/mol. The number of carbonyl (C=O) groups excluding carboxylic acids is 1. The second-order valence-electron chi connectivity index (χ2n) is 3.26. The molecule has 0 aromatic heterocycles. The summed E-state index contributed by atoms with van der Waals surface area (Å²) in [6, 6.07) is 8.94. The molecule has 3 heteroatoms. The predicted molar refractivity (Wildman–Crippen MR) is 55.1 cm³/mol. The number of carbonyl (C=O) groups is 1. The molecule has 0 amide bonds. The lowest BCUT2D eigenvalue weighted by molar-refractivity contribution is 0.0225. The van der Waals surface area contributed by atoms with Gasteiger partial charge in [-0.2, -0.15) is 0 Å². The summed E-state index contributed by atoms with van der Waals surface area (Å²) in [7, 11) is 0. The van der Waals surface area contributed by atoms with Gasteiger partial charge in [-0.3, -0.25) is 0 Å². The zero-order chi connectivity index (χ0) is 10.5. The smallest absolute Gasteiger partial charge is 0.338 e. The van der Waals surface area contributed by atoms with E-state index in [-0.39, 0.29) is 18.7 Å². The lowest BCUT2D eigenvalue weighted by Gasteiger charge is -2.09. The zero-order valence-corrected chi connectivity index (χ0v) is 8.26. The van der Waals surface area contributed by atoms with Crippen molar-refractivity contribution in [1.29, 1.82) is 0 Å². The Kier molecular flexibility index (Phi) is 3.35. The zero-order valence-electron chi connectivity index (χ0n) is 8.26. The van der Waals surface area contributed by atoms with Gasteiger partial charge < -0.3 is 9.47 Å². The van der Waals surface area contributed by atoms with Crippen LogP contribution in [0.3, 0.4) is 0 Å². The van der Waals surface area contributed by atoms with E-state index >= 15 is 0 Å². The first-order valence-corrected chi connectivity index (χ1v) is 4.87. The molecule has 0 saturated carbocycles. The minimum atomic E-state index is -0.306. The maximum absolute atomic E-state index is 11.5. The van der Waals surface area contributed by atoms with Crippen LogP contribution in [0, 0.1) is 12.8 Å². The normalized spacial score (nSPS) is 20.1. The van der Waals surface area contributed by atoms with Crippen molar-refractivity contribution in [1.82, 2.24) is 0 Å². The first-order chi connectivity index (χ1) is 7.36. The monoisotopic (exact) mass is 204 g/mol. The number of hydrogen-bond donors (Lipinski definition) is 0. The van der Waals surface area contributed by atoms with E-state index in [0.717, 1.165) is 0 Å². The molecule has 1 aliphatic heterocycles. The minimum absolute atomic E-state index is 0.0855. The molecular formula is C12H12O3. The van der Waals surface area contributed by atoms with Gasteiger partial charge in [0.2, 0.25) is 0 Å². The molecule has 1 unspecified atom stereocenters. The van der Waals surface area contributed by atoms with E-state index in [0.29, 0.717) is 12.2 Å². The highest BCUT2D eigenvalue weighted by Gasteiger charge is 2.18. The van der Waals surface area contributed by atoms with Gasteiger partial charge in [0, 0.05) is 0 Å². The predicted octanol–water partition coefficient (Wildman–Crippen LogP) is 1.65. The summed E-state index contributed by atoms with van der Waals surface area (Å²) in [5.41, 5.74) is 0.569. The fourth-order valence-corrected chi connectivity index (χ4v) is 1.36. The number of hydrogen-bond acceptors (Lipinski definition) is 3. The van der Waals surface area contributed by atoms with Gasteiger partial charge in [0.1, 0.15) is 6.61 Å². The highest BCUT2D eigenvalue weighted by atomic mass is 16.6. The quantitative estimate of drug-likeness (QED) is 0.702. The van der Waals surface area contributed by atoms with Crippen LogP contribution in [0.15, 0.2) is 30.3 Å². The summed E-state index contributed by atoms with van der Waals surface area (Å²) in [6.45, 7) is 0.887. The molecule has 1 aromatic rings. The SMILES string of the molecule is O=C(OCC1[CH][CH]CO1)c1ccccc1. The second kappa shape index (κ2) is 4.94. The first kappa shape index (κ1) is 10.2. The number of benzene rings is 1. The number of esters is 1. The Morgan fingerprint density at radius 3 is 2.87 bits per heavy atom. The summed E-state index contributed by atoms with van der Waals surface area (Å²) < 4.78 is 10.3. The summed E-state index contributed by atoms with van der Waals surface area (Å²) >= 11 is 0. The van der Waals surface area contributed by atoms with Crippen LogP contribution in [0.1, 0.15) is 10.4 Å². The third-order valence-electron chi connectivity index (χ3n) is 2.15. The third-order valence-corrected chi connectivity index (χ3v) is 2.15. The minimum Gasteiger partial charge on any atom is -0.459 e. The van der Waals surface area contributed by atoms with E-state index in [4.69, 9.17) is 9.47 Å². The average molecular weight is 204 g/mol. The van der Waals surface area contributed by atoms with Gasteiger partial charge in [-0.05, 0) is 25.0 Å². The van der Waals surface area contributed by atoms with Crippen LogP contribution in [0.2, 0.25) is 0 Å². The van der Waals surface area contributed by atoms with Crippen molar-refractivity contribution in [2.45, 2.75) is 6.10 Å². The lowest BCUT2D eigenvalue weighted by atomic mass is 10.2. The van der Waals surface area contributed by atoms with Gasteiger partial charge in [-0.15, -0.1) is 0 Å². The van der Waals surface area contributed by atoms with Crippen LogP contribution >= 0.6 is 0 Å². The molecule has 78 valence electrons. The fourth-order valence-electron chi connectivity index (χ4n) is 1.36. The standard InChI is InChI=1S/C12H12O3/c13-12(10-5-2-1-3-6-10)15-9-11-7-4-8-14-11/h1-7,11H,8-9H2. The van der Waals surface area contributed by atoms with E-state index in [1.165, 1.54) is 0 Å². The average Bonchev–Trinajstić information content (AvgIpc) is 2.80. The van der Waals surface area contributed by atoms with E-state index in [9.17, 15) is 4.79 Å². The molecule has 0 N–H and O–H groups in total. The second-order valence-corrected chi connectivity index (χ2v) is 3.26. The van der Waals surface area contributed by atoms with Crippen molar-refractivity contribution in [3.63, 3.8) is 0 Å². The molecule has 1 fully saturated rings. The molecule has 1 heterocycles. The van der Waals surface area contributed by atoms with E-state index in [1.807, 2.05) is 31.0 Å². The van der Waals surface area contributed by atoms with Crippen molar-refractivity contribution >= 4 is 5.97 Å². The molecule has 2 radical (unpaired) electrons. The van der Waals surface area contributed by atoms with Crippen molar-refractivity contribution in [2.24, 2.45) is 0 Å². The Morgan fingerprint density at radius 2 is 2.20 bits per heavy atom. The van der Waals surface area contributed by atoms with Gasteiger partial charge in [-0.25, -0.2) is 4.79 Å². The Morgan fingerprint density at radius 1 is 1.40 bits per heavy atom. The molecule has 0 spiro atoms. The maximum Gasteiger partial charge on any atom is 0.338 e. The summed E-state index contributed by atoms with van der Waals surface area (Å²) in [6.07, 6.45) is 3.73. The van der Waals surface area contributed by atoms with Crippen LogP contribution in [0.4, 0.5) is 0 Å². The molecule has 15 heavy (non-hydrogen) atoms. The number of rotatable bonds is 3. The van der Waals surface area contributed by atoms with Gasteiger partial charge in [0.15, 0.2) is 0 Å². The van der Waals surface area contributed by atoms with E-state index < -0.39 is 0 Å². The van der Waals surface area contributed by atoms with Gasteiger partial charge in [0.05, 0.1) is 18.3 Å². The molecule has 3 nitrogen and oxygen atoms in total. The van der Waals surface area contributed by atoms with E-state index in [1.54, 1.807) is 12.1 Å². The molecule has 0 aliphatic carbocycles. The Balaban J connectivity index is 1.82. The highest BCUT2D eigenvalue weighted by Crippen LogP contribution is 2.11. The maximum atomic E-state index is 11.5. The fraction of sp³-hybridized carbons (Fsp3) is 0.250. The van der Waals surface area contributed by atoms with Gasteiger partial charge in [0.25, 0.3) is 0 Å². The summed E-state index contributed by atoms with van der Waals surface area (Å²) in [4.78, 5) is 11.5. The van der Waals surface area contributed by atoms with E-state index in [2.05, 4.69) is 0 Å². The van der Waals surface area contributed by atoms with Crippen molar-refractivity contribution in [3.05, 3.63) is 48.7 Å². The van der Waals surface area contributed by atoms with Crippen molar-refractivity contribution < 1.29 is 14.3 Å². The molecule has 1 aliphatic rings. The molecule has 1 aromatic carbocycles. The Hall–Kier alpha value is -1.35. The third kappa shape index (κ3) is 2.80. The molecule has 0 bridgehead atoms. The van der Waals surface area contributed by atoms with Gasteiger partial charge in [-0.1, -0.05) is 18.2 Å². The highest BCUT2D eigenvalue weighted by molar-refractivity contribution is 5.89.